The van der Waals surface area contributed by atoms with Crippen molar-refractivity contribution in [3.8, 4) is 0 Å². The van der Waals surface area contributed by atoms with E-state index >= 15 is 0 Å². The first-order valence-corrected chi connectivity index (χ1v) is 3.13. The van der Waals surface area contributed by atoms with Crippen LogP contribution in [0.15, 0.2) is 0 Å². The van der Waals surface area contributed by atoms with E-state index in [-0.39, 0.29) is 17.1 Å². The largest absolute Gasteiger partial charge is 2.00 e. The second-order valence-corrected chi connectivity index (χ2v) is 1.56. The van der Waals surface area contributed by atoms with Gasteiger partial charge in [-0.25, -0.2) is 0 Å². The summed E-state index contributed by atoms with van der Waals surface area (Å²) in [6.45, 7) is 3.14. The van der Waals surface area contributed by atoms with Crippen molar-refractivity contribution in [3.05, 3.63) is 0 Å². The van der Waals surface area contributed by atoms with E-state index in [1.165, 1.54) is 0 Å². The molecular weight excluding hydrogens is 228 g/mol. The molecule has 0 atom stereocenters. The molecule has 7 heteroatoms. The van der Waals surface area contributed by atoms with E-state index < -0.39 is 11.9 Å². The van der Waals surface area contributed by atoms with E-state index in [1.807, 2.05) is 0 Å². The molecular formula is C6H14CuN2O4. The average molecular weight is 242 g/mol. The van der Waals surface area contributed by atoms with Gasteiger partial charge in [0.2, 0.25) is 0 Å². The number of hydrogen-bond acceptors (Lipinski definition) is 6. The summed E-state index contributed by atoms with van der Waals surface area (Å²) in [5.74, 6) is -2.17. The van der Waals surface area contributed by atoms with Gasteiger partial charge in [0, 0.05) is 25.0 Å². The van der Waals surface area contributed by atoms with Gasteiger partial charge in [-0.1, -0.05) is 0 Å². The van der Waals surface area contributed by atoms with Crippen LogP contribution in [0.5, 0.6) is 0 Å². The Morgan fingerprint density at radius 1 is 1.00 bits per heavy atom. The molecule has 0 aromatic carbocycles. The number of rotatable bonds is 1. The second kappa shape index (κ2) is 22.5. The monoisotopic (exact) mass is 241 g/mol. The topological polar surface area (TPSA) is 132 Å². The van der Waals surface area contributed by atoms with Crippen LogP contribution >= 0.6 is 0 Å². The van der Waals surface area contributed by atoms with E-state index in [2.05, 4.69) is 0 Å². The minimum Gasteiger partial charge on any atom is -0.550 e. The van der Waals surface area contributed by atoms with Gasteiger partial charge >= 0.3 is 17.1 Å². The first-order valence-electron chi connectivity index (χ1n) is 3.13. The van der Waals surface area contributed by atoms with Crippen LogP contribution in [-0.4, -0.2) is 25.0 Å². The molecule has 6 nitrogen and oxygen atoms in total. The number of aliphatic carboxylic acids is 2. The Labute approximate surface area is 87.8 Å². The molecule has 0 heterocycles. The van der Waals surface area contributed by atoms with E-state index in [0.29, 0.717) is 13.1 Å². The van der Waals surface area contributed by atoms with Crippen molar-refractivity contribution in [2.45, 2.75) is 13.8 Å². The summed E-state index contributed by atoms with van der Waals surface area (Å²) in [7, 11) is 0. The molecule has 0 saturated heterocycles. The maximum Gasteiger partial charge on any atom is 2.00 e. The molecule has 0 aliphatic carbocycles. The Hall–Kier alpha value is -0.621. The van der Waals surface area contributed by atoms with Crippen LogP contribution in [0.1, 0.15) is 13.8 Å². The molecule has 0 spiro atoms. The second-order valence-electron chi connectivity index (χ2n) is 1.56. The molecule has 83 valence electrons. The van der Waals surface area contributed by atoms with Gasteiger partial charge in [-0.2, -0.15) is 0 Å². The van der Waals surface area contributed by atoms with Crippen molar-refractivity contribution in [2.24, 2.45) is 11.5 Å². The third-order valence-corrected chi connectivity index (χ3v) is 0.167. The van der Waals surface area contributed by atoms with Crippen LogP contribution < -0.4 is 21.7 Å². The number of carbonyl (C=O) groups is 2. The van der Waals surface area contributed by atoms with E-state index in [9.17, 15) is 0 Å². The number of nitrogens with two attached hydrogens (primary N) is 2. The van der Waals surface area contributed by atoms with Crippen LogP contribution in [0, 0.1) is 0 Å². The van der Waals surface area contributed by atoms with E-state index in [0.717, 1.165) is 13.8 Å². The van der Waals surface area contributed by atoms with Gasteiger partial charge in [0.25, 0.3) is 0 Å². The first-order chi connectivity index (χ1) is 5.38. The molecule has 0 unspecified atom stereocenters. The molecule has 1 radical (unpaired) electrons. The minimum absolute atomic E-state index is 0. The summed E-state index contributed by atoms with van der Waals surface area (Å²) in [5, 5.41) is 17.8. The van der Waals surface area contributed by atoms with Crippen molar-refractivity contribution in [1.29, 1.82) is 0 Å². The fourth-order valence-corrected chi connectivity index (χ4v) is 0. The summed E-state index contributed by atoms with van der Waals surface area (Å²) in [6.07, 6.45) is 0. The van der Waals surface area contributed by atoms with E-state index in [1.54, 1.807) is 0 Å². The molecule has 0 saturated carbocycles. The van der Waals surface area contributed by atoms with Gasteiger partial charge in [0.15, 0.2) is 0 Å². The van der Waals surface area contributed by atoms with Gasteiger partial charge in [0.1, 0.15) is 0 Å². The molecule has 0 rings (SSSR count). The maximum absolute atomic E-state index is 8.89. The summed E-state index contributed by atoms with van der Waals surface area (Å²) in [4.78, 5) is 17.8. The van der Waals surface area contributed by atoms with Crippen LogP contribution in [0.3, 0.4) is 0 Å². The molecule has 0 bridgehead atoms. The fraction of sp³-hybridized carbons (Fsp3) is 0.667. The molecule has 0 aliphatic heterocycles. The van der Waals surface area contributed by atoms with Crippen LogP contribution in [-0.2, 0) is 26.7 Å². The SMILES string of the molecule is CC(=O)[O-].CC(=O)[O-].NCCN.[Cu+2]. The van der Waals surface area contributed by atoms with Gasteiger partial charge in [-0.3, -0.25) is 0 Å². The normalized spacial score (nSPS) is 6.15. The van der Waals surface area contributed by atoms with Crippen molar-refractivity contribution >= 4 is 11.9 Å². The number of carboxylic acid groups (broad SMARTS) is 2. The van der Waals surface area contributed by atoms with Gasteiger partial charge in [-0.15, -0.1) is 0 Å². The third-order valence-electron chi connectivity index (χ3n) is 0.167. The Bertz CT molecular complexity index is 99.2. The zero-order valence-corrected chi connectivity index (χ0v) is 8.45. The van der Waals surface area contributed by atoms with Crippen LogP contribution in [0.25, 0.3) is 0 Å². The standard InChI is InChI=1S/C2H8N2.2C2H4O2.Cu/c3-1-2-4;2*1-2(3)4;/h1-4H2;2*1H3,(H,3,4);/q;;;+2/p-2. The Balaban J connectivity index is -0.0000000450. The van der Waals surface area contributed by atoms with Crippen LogP contribution in [0.4, 0.5) is 0 Å². The molecule has 0 aromatic rings. The molecule has 4 N–H and O–H groups in total. The Kier molecular flexibility index (Phi) is 39.5. The number of carbonyl (C=O) groups excluding carboxylic acids is 2. The minimum atomic E-state index is -1.08. The molecule has 0 amide bonds. The average Bonchev–Trinajstić information content (AvgIpc) is 1.85. The third kappa shape index (κ3) is 6950. The quantitative estimate of drug-likeness (QED) is 0.456. The number of carboxylic acids is 2. The first kappa shape index (κ1) is 22.8. The summed E-state index contributed by atoms with van der Waals surface area (Å²) >= 11 is 0. The molecule has 0 fully saturated rings. The van der Waals surface area contributed by atoms with Crippen LogP contribution in [0.2, 0.25) is 0 Å². The predicted molar refractivity (Wildman–Crippen MR) is 39.5 cm³/mol. The van der Waals surface area contributed by atoms with E-state index in [4.69, 9.17) is 31.3 Å². The molecule has 0 aliphatic rings. The fourth-order valence-electron chi connectivity index (χ4n) is 0. The Morgan fingerprint density at radius 3 is 1.08 bits per heavy atom. The zero-order valence-electron chi connectivity index (χ0n) is 7.50. The smallest absolute Gasteiger partial charge is 0.550 e. The van der Waals surface area contributed by atoms with Crippen molar-refractivity contribution in [1.82, 2.24) is 0 Å². The maximum atomic E-state index is 8.89. The summed E-state index contributed by atoms with van der Waals surface area (Å²) < 4.78 is 0. The summed E-state index contributed by atoms with van der Waals surface area (Å²) in [5.41, 5.74) is 9.81. The molecule has 0 aromatic heterocycles. The predicted octanol–water partition coefficient (Wildman–Crippen LogP) is -3.59. The van der Waals surface area contributed by atoms with Crippen molar-refractivity contribution in [2.75, 3.05) is 13.1 Å². The number of hydrogen-bond donors (Lipinski definition) is 2. The van der Waals surface area contributed by atoms with Crippen molar-refractivity contribution < 1.29 is 36.9 Å². The zero-order chi connectivity index (χ0) is 10.6. The van der Waals surface area contributed by atoms with Crippen molar-refractivity contribution in [3.63, 3.8) is 0 Å². The van der Waals surface area contributed by atoms with Gasteiger partial charge in [-0.05, 0) is 13.8 Å². The molecule has 13 heavy (non-hydrogen) atoms. The Morgan fingerprint density at radius 2 is 1.08 bits per heavy atom. The summed E-state index contributed by atoms with van der Waals surface area (Å²) in [6, 6.07) is 0. The van der Waals surface area contributed by atoms with Gasteiger partial charge in [0.05, 0.1) is 0 Å². The van der Waals surface area contributed by atoms with Gasteiger partial charge < -0.3 is 31.3 Å².